The zero-order valence-corrected chi connectivity index (χ0v) is 14.0. The minimum Gasteiger partial charge on any atom is -0.405 e. The van der Waals surface area contributed by atoms with Gasteiger partial charge in [0.25, 0.3) is 0 Å². The lowest BCUT2D eigenvalue weighted by Gasteiger charge is -2.26. The Labute approximate surface area is 131 Å². The second kappa shape index (κ2) is 6.27. The first kappa shape index (κ1) is 16.2. The smallest absolute Gasteiger partial charge is 0.405 e. The second-order valence-electron chi connectivity index (χ2n) is 6.78. The van der Waals surface area contributed by atoms with Gasteiger partial charge in [0.05, 0.1) is 12.7 Å². The second-order valence-corrected chi connectivity index (χ2v) is 7.66. The number of halogens is 2. The molecule has 1 aliphatic heterocycles. The molecule has 1 heterocycles. The van der Waals surface area contributed by atoms with Crippen molar-refractivity contribution in [1.29, 1.82) is 0 Å². The van der Waals surface area contributed by atoms with Crippen LogP contribution in [0.2, 0.25) is 10.0 Å². The number of benzene rings is 1. The van der Waals surface area contributed by atoms with Gasteiger partial charge in [-0.2, -0.15) is 0 Å². The van der Waals surface area contributed by atoms with Crippen molar-refractivity contribution in [1.82, 2.24) is 0 Å². The van der Waals surface area contributed by atoms with Gasteiger partial charge in [-0.25, -0.2) is 0 Å². The van der Waals surface area contributed by atoms with Gasteiger partial charge in [0.2, 0.25) is 0 Å². The highest BCUT2D eigenvalue weighted by Gasteiger charge is 2.37. The van der Waals surface area contributed by atoms with Crippen LogP contribution >= 0.6 is 23.2 Å². The highest BCUT2D eigenvalue weighted by molar-refractivity contribution is 6.62. The van der Waals surface area contributed by atoms with Crippen LogP contribution in [0.3, 0.4) is 0 Å². The standard InChI is InChI=1S/C15H21BCl2O2/c1-10(8-15(2,3)4)14-9-19-16(20-14)11-5-12(17)7-13(18)6-11/h5-7,10,14H,8-9H2,1-4H3. The Hall–Kier alpha value is -0.215. The van der Waals surface area contributed by atoms with Crippen LogP contribution in [-0.2, 0) is 9.31 Å². The summed E-state index contributed by atoms with van der Waals surface area (Å²) in [5.41, 5.74) is 1.17. The van der Waals surface area contributed by atoms with Gasteiger partial charge < -0.3 is 9.31 Å². The highest BCUT2D eigenvalue weighted by atomic mass is 35.5. The predicted molar refractivity (Wildman–Crippen MR) is 85.9 cm³/mol. The van der Waals surface area contributed by atoms with Crippen molar-refractivity contribution >= 4 is 35.8 Å². The molecule has 0 aliphatic carbocycles. The summed E-state index contributed by atoms with van der Waals surface area (Å²) in [5, 5.41) is 1.21. The molecule has 1 aliphatic rings. The van der Waals surface area contributed by atoms with E-state index in [1.54, 1.807) is 6.07 Å². The van der Waals surface area contributed by atoms with Crippen LogP contribution in [0.5, 0.6) is 0 Å². The van der Waals surface area contributed by atoms with E-state index < -0.39 is 0 Å². The molecule has 1 fully saturated rings. The summed E-state index contributed by atoms with van der Waals surface area (Å²) in [6, 6.07) is 5.39. The van der Waals surface area contributed by atoms with E-state index in [4.69, 9.17) is 32.5 Å². The molecule has 2 nitrogen and oxygen atoms in total. The first-order valence-corrected chi connectivity index (χ1v) is 7.73. The zero-order chi connectivity index (χ0) is 14.9. The Morgan fingerprint density at radius 1 is 1.25 bits per heavy atom. The summed E-state index contributed by atoms with van der Waals surface area (Å²) in [6.07, 6.45) is 1.22. The lowest BCUT2D eigenvalue weighted by molar-refractivity contribution is 0.133. The Balaban J connectivity index is 2.01. The lowest BCUT2D eigenvalue weighted by Crippen LogP contribution is -2.34. The summed E-state index contributed by atoms with van der Waals surface area (Å²) < 4.78 is 11.8. The Kier molecular flexibility index (Phi) is 5.07. The molecule has 0 N–H and O–H groups in total. The molecule has 0 amide bonds. The Morgan fingerprint density at radius 3 is 2.40 bits per heavy atom. The highest BCUT2D eigenvalue weighted by Crippen LogP contribution is 2.29. The van der Waals surface area contributed by atoms with Crippen LogP contribution in [0, 0.1) is 11.3 Å². The predicted octanol–water partition coefficient (Wildman–Crippen LogP) is 4.18. The van der Waals surface area contributed by atoms with Crippen molar-refractivity contribution in [2.24, 2.45) is 11.3 Å². The summed E-state index contributed by atoms with van der Waals surface area (Å²) in [6.45, 7) is 9.56. The van der Waals surface area contributed by atoms with E-state index in [-0.39, 0.29) is 13.2 Å². The molecular weight excluding hydrogens is 294 g/mol. The Bertz CT molecular complexity index is 453. The maximum Gasteiger partial charge on any atom is 0.494 e. The molecule has 1 saturated heterocycles. The number of hydrogen-bond donors (Lipinski definition) is 0. The van der Waals surface area contributed by atoms with Gasteiger partial charge in [-0.1, -0.05) is 50.9 Å². The van der Waals surface area contributed by atoms with E-state index >= 15 is 0 Å². The molecule has 110 valence electrons. The first-order chi connectivity index (χ1) is 9.24. The van der Waals surface area contributed by atoms with E-state index in [1.807, 2.05) is 12.1 Å². The van der Waals surface area contributed by atoms with Crippen molar-refractivity contribution in [3.8, 4) is 0 Å². The SMILES string of the molecule is CC(CC(C)(C)C)C1COB(c2cc(Cl)cc(Cl)c2)O1. The van der Waals surface area contributed by atoms with Gasteiger partial charge in [-0.3, -0.25) is 0 Å². The fourth-order valence-corrected chi connectivity index (χ4v) is 3.24. The first-order valence-electron chi connectivity index (χ1n) is 6.98. The fraction of sp³-hybridized carbons (Fsp3) is 0.600. The molecule has 1 aromatic rings. The van der Waals surface area contributed by atoms with Crippen molar-refractivity contribution in [3.05, 3.63) is 28.2 Å². The third kappa shape index (κ3) is 4.39. The van der Waals surface area contributed by atoms with Crippen molar-refractivity contribution in [2.45, 2.75) is 40.2 Å². The Morgan fingerprint density at radius 2 is 1.85 bits per heavy atom. The van der Waals surface area contributed by atoms with Gasteiger partial charge in [-0.15, -0.1) is 0 Å². The van der Waals surface area contributed by atoms with E-state index in [0.29, 0.717) is 28.0 Å². The molecule has 2 unspecified atom stereocenters. The van der Waals surface area contributed by atoms with Crippen LogP contribution in [0.4, 0.5) is 0 Å². The molecular formula is C15H21BCl2O2. The van der Waals surface area contributed by atoms with Crippen LogP contribution in [0.15, 0.2) is 18.2 Å². The van der Waals surface area contributed by atoms with E-state index in [0.717, 1.165) is 11.9 Å². The van der Waals surface area contributed by atoms with E-state index in [2.05, 4.69) is 27.7 Å². The van der Waals surface area contributed by atoms with Gasteiger partial charge in [0, 0.05) is 10.0 Å². The molecule has 20 heavy (non-hydrogen) atoms. The molecule has 1 aromatic carbocycles. The van der Waals surface area contributed by atoms with Gasteiger partial charge >= 0.3 is 7.12 Å². The van der Waals surface area contributed by atoms with Gasteiger partial charge in [-0.05, 0) is 41.4 Å². The van der Waals surface area contributed by atoms with Crippen LogP contribution < -0.4 is 5.46 Å². The average molecular weight is 315 g/mol. The van der Waals surface area contributed by atoms with Gasteiger partial charge in [0.1, 0.15) is 0 Å². The number of rotatable bonds is 3. The third-order valence-corrected chi connectivity index (χ3v) is 3.87. The van der Waals surface area contributed by atoms with Crippen molar-refractivity contribution in [2.75, 3.05) is 6.61 Å². The minimum absolute atomic E-state index is 0.122. The topological polar surface area (TPSA) is 18.5 Å². The van der Waals surface area contributed by atoms with Crippen molar-refractivity contribution in [3.63, 3.8) is 0 Å². The molecule has 0 bridgehead atoms. The zero-order valence-electron chi connectivity index (χ0n) is 12.5. The van der Waals surface area contributed by atoms with Crippen LogP contribution in [-0.4, -0.2) is 19.8 Å². The van der Waals surface area contributed by atoms with Crippen LogP contribution in [0.1, 0.15) is 34.1 Å². The van der Waals surface area contributed by atoms with Crippen molar-refractivity contribution < 1.29 is 9.31 Å². The summed E-state index contributed by atoms with van der Waals surface area (Å²) in [7, 11) is -0.362. The quantitative estimate of drug-likeness (QED) is 0.779. The maximum atomic E-state index is 6.03. The monoisotopic (exact) mass is 314 g/mol. The third-order valence-electron chi connectivity index (χ3n) is 3.44. The molecule has 0 spiro atoms. The molecule has 0 radical (unpaired) electrons. The van der Waals surface area contributed by atoms with E-state index in [1.165, 1.54) is 0 Å². The molecule has 0 saturated carbocycles. The maximum absolute atomic E-state index is 6.03. The molecule has 5 heteroatoms. The fourth-order valence-electron chi connectivity index (χ4n) is 2.70. The lowest BCUT2D eigenvalue weighted by atomic mass is 9.79. The summed E-state index contributed by atoms with van der Waals surface area (Å²) >= 11 is 12.0. The molecule has 2 atom stereocenters. The average Bonchev–Trinajstić information content (AvgIpc) is 2.74. The van der Waals surface area contributed by atoms with E-state index in [9.17, 15) is 0 Å². The minimum atomic E-state index is -0.362. The van der Waals surface area contributed by atoms with Gasteiger partial charge in [0.15, 0.2) is 0 Å². The number of hydrogen-bond acceptors (Lipinski definition) is 2. The summed E-state index contributed by atoms with van der Waals surface area (Å²) in [4.78, 5) is 0. The van der Waals surface area contributed by atoms with Crippen LogP contribution in [0.25, 0.3) is 0 Å². The normalized spacial score (nSPS) is 21.3. The molecule has 2 rings (SSSR count). The summed E-state index contributed by atoms with van der Waals surface area (Å²) in [5.74, 6) is 0.453. The largest absolute Gasteiger partial charge is 0.494 e. The molecule has 0 aromatic heterocycles.